The van der Waals surface area contributed by atoms with E-state index in [0.29, 0.717) is 11.3 Å². The van der Waals surface area contributed by atoms with E-state index in [1.165, 1.54) is 12.1 Å². The van der Waals surface area contributed by atoms with Gasteiger partial charge in [-0.05, 0) is 24.6 Å². The Bertz CT molecular complexity index is 326. The molecule has 1 aromatic carbocycles. The predicted molar refractivity (Wildman–Crippen MR) is 45.3 cm³/mol. The number of hydrogen-bond donors (Lipinski definition) is 1. The molecule has 0 spiro atoms. The first-order valence-electron chi connectivity index (χ1n) is 3.57. The molecule has 0 aromatic heterocycles. The second-order valence-electron chi connectivity index (χ2n) is 2.64. The third-order valence-electron chi connectivity index (χ3n) is 1.56. The maximum Gasteiger partial charge on any atom is 0.190 e. The molecule has 0 aliphatic rings. The zero-order chi connectivity index (χ0) is 9.14. The zero-order valence-electron chi connectivity index (χ0n) is 6.71. The topological polar surface area (TPSA) is 30.4 Å². The molecule has 0 aliphatic heterocycles. The van der Waals surface area contributed by atoms with Gasteiger partial charge in [0, 0.05) is 6.04 Å². The predicted octanol–water partition coefficient (Wildman–Crippen LogP) is 2.40. The van der Waals surface area contributed by atoms with E-state index < -0.39 is 5.82 Å². The van der Waals surface area contributed by atoms with Crippen LogP contribution in [0.25, 0.3) is 4.85 Å². The van der Waals surface area contributed by atoms with Crippen LogP contribution in [0.4, 0.5) is 10.1 Å². The Morgan fingerprint density at radius 2 is 2.17 bits per heavy atom. The lowest BCUT2D eigenvalue weighted by molar-refractivity contribution is 0.623. The highest BCUT2D eigenvalue weighted by atomic mass is 19.1. The van der Waals surface area contributed by atoms with Crippen LogP contribution in [-0.2, 0) is 0 Å². The van der Waals surface area contributed by atoms with Crippen molar-refractivity contribution in [1.82, 2.24) is 0 Å². The van der Waals surface area contributed by atoms with E-state index in [9.17, 15) is 4.39 Å². The first-order valence-corrected chi connectivity index (χ1v) is 3.57. The Labute approximate surface area is 70.6 Å². The van der Waals surface area contributed by atoms with Crippen molar-refractivity contribution >= 4 is 5.69 Å². The molecule has 1 aromatic rings. The van der Waals surface area contributed by atoms with Crippen molar-refractivity contribution in [2.45, 2.75) is 13.0 Å². The first-order chi connectivity index (χ1) is 5.63. The van der Waals surface area contributed by atoms with Crippen LogP contribution >= 0.6 is 0 Å². The van der Waals surface area contributed by atoms with Crippen molar-refractivity contribution < 1.29 is 4.39 Å². The number of halogens is 1. The Morgan fingerprint density at radius 3 is 2.67 bits per heavy atom. The van der Waals surface area contributed by atoms with Crippen molar-refractivity contribution in [3.8, 4) is 0 Å². The zero-order valence-corrected chi connectivity index (χ0v) is 6.71. The van der Waals surface area contributed by atoms with E-state index in [-0.39, 0.29) is 6.04 Å². The van der Waals surface area contributed by atoms with Gasteiger partial charge in [0.1, 0.15) is 5.82 Å². The highest BCUT2D eigenvalue weighted by Crippen LogP contribution is 2.20. The molecule has 2 nitrogen and oxygen atoms in total. The Balaban J connectivity index is 3.17. The lowest BCUT2D eigenvalue weighted by Gasteiger charge is -2.05. The van der Waals surface area contributed by atoms with E-state index in [0.717, 1.165) is 0 Å². The summed E-state index contributed by atoms with van der Waals surface area (Å²) in [5, 5.41) is 0. The van der Waals surface area contributed by atoms with Crippen LogP contribution in [0.15, 0.2) is 18.2 Å². The third-order valence-corrected chi connectivity index (χ3v) is 1.56. The molecular formula is C9H9FN2. The average Bonchev–Trinajstić information content (AvgIpc) is 2.03. The summed E-state index contributed by atoms with van der Waals surface area (Å²) in [4.78, 5) is 3.13. The lowest BCUT2D eigenvalue weighted by atomic mass is 10.1. The number of hydrogen-bond acceptors (Lipinski definition) is 1. The highest BCUT2D eigenvalue weighted by Gasteiger charge is 2.03. The summed E-state index contributed by atoms with van der Waals surface area (Å²) in [5.41, 5.74) is 6.48. The molecule has 2 N–H and O–H groups in total. The molecule has 12 heavy (non-hydrogen) atoms. The van der Waals surface area contributed by atoms with Gasteiger partial charge in [-0.25, -0.2) is 9.24 Å². The van der Waals surface area contributed by atoms with Gasteiger partial charge in [-0.3, -0.25) is 0 Å². The molecule has 0 unspecified atom stereocenters. The maximum atomic E-state index is 12.8. The summed E-state index contributed by atoms with van der Waals surface area (Å²) < 4.78 is 12.8. The van der Waals surface area contributed by atoms with Gasteiger partial charge >= 0.3 is 0 Å². The highest BCUT2D eigenvalue weighted by molar-refractivity contribution is 5.47. The minimum Gasteiger partial charge on any atom is -0.324 e. The van der Waals surface area contributed by atoms with E-state index in [1.807, 2.05) is 0 Å². The fourth-order valence-corrected chi connectivity index (χ4v) is 0.924. The summed E-state index contributed by atoms with van der Waals surface area (Å²) in [6.07, 6.45) is 0. The molecule has 0 bridgehead atoms. The van der Waals surface area contributed by atoms with Crippen molar-refractivity contribution in [1.29, 1.82) is 0 Å². The fourth-order valence-electron chi connectivity index (χ4n) is 0.924. The number of nitrogens with zero attached hydrogens (tertiary/aromatic N) is 1. The molecule has 0 radical (unpaired) electrons. The lowest BCUT2D eigenvalue weighted by Crippen LogP contribution is -2.04. The minimum atomic E-state index is -0.407. The van der Waals surface area contributed by atoms with Crippen LogP contribution in [0.2, 0.25) is 0 Å². The largest absolute Gasteiger partial charge is 0.324 e. The summed E-state index contributed by atoms with van der Waals surface area (Å²) in [6, 6.07) is 3.90. The van der Waals surface area contributed by atoms with Crippen molar-refractivity contribution in [3.63, 3.8) is 0 Å². The molecule has 0 aliphatic carbocycles. The summed E-state index contributed by atoms with van der Waals surface area (Å²) in [6.45, 7) is 8.45. The first kappa shape index (κ1) is 8.69. The number of benzene rings is 1. The van der Waals surface area contributed by atoms with Gasteiger partial charge in [-0.1, -0.05) is 6.07 Å². The molecule has 1 rings (SSSR count). The van der Waals surface area contributed by atoms with Crippen LogP contribution in [0.5, 0.6) is 0 Å². The smallest absolute Gasteiger partial charge is 0.190 e. The number of rotatable bonds is 1. The molecule has 0 amide bonds. The van der Waals surface area contributed by atoms with Gasteiger partial charge in [0.15, 0.2) is 5.69 Å². The normalized spacial score (nSPS) is 12.2. The molecule has 0 saturated carbocycles. The van der Waals surface area contributed by atoms with Crippen molar-refractivity contribution in [2.75, 3.05) is 0 Å². The van der Waals surface area contributed by atoms with Gasteiger partial charge in [-0.15, -0.1) is 0 Å². The number of nitrogens with two attached hydrogens (primary N) is 1. The second kappa shape index (κ2) is 3.33. The monoisotopic (exact) mass is 164 g/mol. The molecule has 0 fully saturated rings. The van der Waals surface area contributed by atoms with Gasteiger partial charge < -0.3 is 5.73 Å². The van der Waals surface area contributed by atoms with Crippen LogP contribution in [-0.4, -0.2) is 0 Å². The van der Waals surface area contributed by atoms with E-state index >= 15 is 0 Å². The summed E-state index contributed by atoms with van der Waals surface area (Å²) >= 11 is 0. The summed E-state index contributed by atoms with van der Waals surface area (Å²) in [5.74, 6) is -0.407. The maximum absolute atomic E-state index is 12.8. The Hall–Kier alpha value is -1.40. The van der Waals surface area contributed by atoms with Crippen molar-refractivity contribution in [2.24, 2.45) is 5.73 Å². The van der Waals surface area contributed by atoms with E-state index in [2.05, 4.69) is 4.85 Å². The van der Waals surface area contributed by atoms with Crippen LogP contribution in [0, 0.1) is 12.4 Å². The van der Waals surface area contributed by atoms with Crippen LogP contribution in [0.1, 0.15) is 18.5 Å². The molecule has 0 saturated heterocycles. The van der Waals surface area contributed by atoms with Gasteiger partial charge in [0.2, 0.25) is 0 Å². The van der Waals surface area contributed by atoms with E-state index in [1.54, 1.807) is 13.0 Å². The molecule has 62 valence electrons. The average molecular weight is 164 g/mol. The minimum absolute atomic E-state index is 0.235. The Kier molecular flexibility index (Phi) is 2.41. The summed E-state index contributed by atoms with van der Waals surface area (Å²) in [7, 11) is 0. The van der Waals surface area contributed by atoms with Crippen LogP contribution in [0.3, 0.4) is 0 Å². The third kappa shape index (κ3) is 1.80. The molecule has 0 heterocycles. The standard InChI is InChI=1S/C9H9FN2/c1-6(11)7-3-8(10)5-9(4-7)12-2/h3-6H,11H2,1H3/t6-/m1/s1. The fraction of sp³-hybridized carbons (Fsp3) is 0.222. The Morgan fingerprint density at radius 1 is 1.50 bits per heavy atom. The van der Waals surface area contributed by atoms with Gasteiger partial charge in [-0.2, -0.15) is 0 Å². The van der Waals surface area contributed by atoms with E-state index in [4.69, 9.17) is 12.3 Å². The van der Waals surface area contributed by atoms with Gasteiger partial charge in [0.25, 0.3) is 0 Å². The van der Waals surface area contributed by atoms with Crippen molar-refractivity contribution in [3.05, 3.63) is 41.0 Å². The molecular weight excluding hydrogens is 155 g/mol. The SMILES string of the molecule is [C-]#[N+]c1cc(F)cc([C@@H](C)N)c1. The molecule has 3 heteroatoms. The van der Waals surface area contributed by atoms with Gasteiger partial charge in [0.05, 0.1) is 6.57 Å². The second-order valence-corrected chi connectivity index (χ2v) is 2.64. The quantitative estimate of drug-likeness (QED) is 0.634. The molecule has 1 atom stereocenters. The van der Waals surface area contributed by atoms with Crippen LogP contribution < -0.4 is 5.73 Å².